The van der Waals surface area contributed by atoms with Gasteiger partial charge in [-0.1, -0.05) is 18.2 Å². The number of hydrogen-bond donors (Lipinski definition) is 2. The summed E-state index contributed by atoms with van der Waals surface area (Å²) >= 11 is 0. The number of methoxy groups -OCH3 is 2. The maximum Gasteiger partial charge on any atom is 0.261 e. The first kappa shape index (κ1) is 13.9. The number of fused-ring (bicyclic) bond motifs is 1. The molecule has 1 aliphatic heterocycles. The first-order chi connectivity index (χ1) is 10.6. The molecule has 3 N–H and O–H groups in total. The highest BCUT2D eigenvalue weighted by Crippen LogP contribution is 2.41. The zero-order valence-corrected chi connectivity index (χ0v) is 12.1. The molecule has 0 aliphatic carbocycles. The maximum absolute atomic E-state index is 12.1. The van der Waals surface area contributed by atoms with Crippen LogP contribution >= 0.6 is 0 Å². The van der Waals surface area contributed by atoms with Crippen molar-refractivity contribution in [3.05, 3.63) is 41.5 Å². The lowest BCUT2D eigenvalue weighted by Gasteiger charge is -2.14. The van der Waals surface area contributed by atoms with Crippen LogP contribution in [0.1, 0.15) is 20.7 Å². The van der Waals surface area contributed by atoms with Gasteiger partial charge in [-0.25, -0.2) is 0 Å². The summed E-state index contributed by atoms with van der Waals surface area (Å²) in [5.74, 6) is 0.0767. The van der Waals surface area contributed by atoms with Crippen LogP contribution < -0.4 is 20.5 Å². The van der Waals surface area contributed by atoms with Crippen molar-refractivity contribution in [2.24, 2.45) is 0 Å². The molecular weight excluding hydrogens is 284 g/mol. The summed E-state index contributed by atoms with van der Waals surface area (Å²) in [6.07, 6.45) is 0. The summed E-state index contributed by atoms with van der Waals surface area (Å²) in [5, 5.41) is 2.27. The van der Waals surface area contributed by atoms with Gasteiger partial charge in [0, 0.05) is 11.3 Å². The number of nitrogens with one attached hydrogen (secondary N) is 1. The van der Waals surface area contributed by atoms with Gasteiger partial charge in [-0.15, -0.1) is 0 Å². The Morgan fingerprint density at radius 1 is 0.909 bits per heavy atom. The molecule has 0 atom stereocenters. The standard InChI is InChI=1S/C16H14N2O4/c1-21-11-5-3-4-9(14(11)22-2)8-6-7-10(17)13-12(8)15(19)18-16(13)20/h3-7H,17H2,1-2H3,(H,18,19,20). The van der Waals surface area contributed by atoms with Crippen LogP contribution in [-0.4, -0.2) is 26.0 Å². The molecule has 0 radical (unpaired) electrons. The van der Waals surface area contributed by atoms with Gasteiger partial charge in [0.05, 0.1) is 25.3 Å². The Hall–Kier alpha value is -3.02. The molecule has 0 unspecified atom stereocenters. The van der Waals surface area contributed by atoms with Crippen LogP contribution in [0.2, 0.25) is 0 Å². The van der Waals surface area contributed by atoms with E-state index in [0.29, 0.717) is 22.6 Å². The Bertz CT molecular complexity index is 799. The van der Waals surface area contributed by atoms with E-state index in [1.165, 1.54) is 14.2 Å². The number of nitrogen functional groups attached to an aromatic ring is 1. The van der Waals surface area contributed by atoms with Crippen LogP contribution in [0, 0.1) is 0 Å². The van der Waals surface area contributed by atoms with Crippen molar-refractivity contribution in [3.63, 3.8) is 0 Å². The third-order valence-electron chi connectivity index (χ3n) is 3.61. The summed E-state index contributed by atoms with van der Waals surface area (Å²) < 4.78 is 10.7. The minimum absolute atomic E-state index is 0.201. The fraction of sp³-hybridized carbons (Fsp3) is 0.125. The largest absolute Gasteiger partial charge is 0.493 e. The van der Waals surface area contributed by atoms with Gasteiger partial charge in [0.15, 0.2) is 11.5 Å². The van der Waals surface area contributed by atoms with Crippen LogP contribution in [0.5, 0.6) is 11.5 Å². The monoisotopic (exact) mass is 298 g/mol. The number of ether oxygens (including phenoxy) is 2. The smallest absolute Gasteiger partial charge is 0.261 e. The molecule has 0 saturated carbocycles. The van der Waals surface area contributed by atoms with Gasteiger partial charge < -0.3 is 15.2 Å². The highest BCUT2D eigenvalue weighted by Gasteiger charge is 2.32. The second-order valence-corrected chi connectivity index (χ2v) is 4.78. The molecule has 3 rings (SSSR count). The van der Waals surface area contributed by atoms with Crippen molar-refractivity contribution in [2.45, 2.75) is 0 Å². The van der Waals surface area contributed by atoms with Crippen LogP contribution in [0.4, 0.5) is 5.69 Å². The number of carbonyl (C=O) groups is 2. The molecule has 2 aromatic rings. The fourth-order valence-corrected chi connectivity index (χ4v) is 2.65. The van der Waals surface area contributed by atoms with E-state index in [1.807, 2.05) is 0 Å². The normalized spacial score (nSPS) is 12.8. The van der Waals surface area contributed by atoms with Crippen LogP contribution in [0.25, 0.3) is 11.1 Å². The molecule has 2 amide bonds. The minimum atomic E-state index is -0.485. The van der Waals surface area contributed by atoms with E-state index >= 15 is 0 Å². The van der Waals surface area contributed by atoms with Gasteiger partial charge in [0.25, 0.3) is 11.8 Å². The van der Waals surface area contributed by atoms with E-state index in [4.69, 9.17) is 15.2 Å². The molecule has 0 spiro atoms. The third-order valence-corrected chi connectivity index (χ3v) is 3.61. The topological polar surface area (TPSA) is 90.6 Å². The zero-order valence-electron chi connectivity index (χ0n) is 12.1. The minimum Gasteiger partial charge on any atom is -0.493 e. The summed E-state index contributed by atoms with van der Waals surface area (Å²) in [4.78, 5) is 24.0. The summed E-state index contributed by atoms with van der Waals surface area (Å²) in [7, 11) is 3.05. The predicted octanol–water partition coefficient (Wildman–Crippen LogP) is 1.84. The van der Waals surface area contributed by atoms with Crippen molar-refractivity contribution < 1.29 is 19.1 Å². The van der Waals surface area contributed by atoms with Gasteiger partial charge in [-0.2, -0.15) is 0 Å². The molecule has 0 bridgehead atoms. The summed E-state index contributed by atoms with van der Waals surface area (Å²) in [6.45, 7) is 0. The number of nitrogens with two attached hydrogens (primary N) is 1. The molecule has 22 heavy (non-hydrogen) atoms. The average molecular weight is 298 g/mol. The molecule has 2 aromatic carbocycles. The quantitative estimate of drug-likeness (QED) is 0.666. The number of amides is 2. The first-order valence-electron chi connectivity index (χ1n) is 6.58. The van der Waals surface area contributed by atoms with Gasteiger partial charge in [-0.05, 0) is 17.7 Å². The number of rotatable bonds is 3. The van der Waals surface area contributed by atoms with Crippen molar-refractivity contribution in [3.8, 4) is 22.6 Å². The van der Waals surface area contributed by atoms with E-state index in [1.54, 1.807) is 30.3 Å². The predicted molar refractivity (Wildman–Crippen MR) is 81.2 cm³/mol. The van der Waals surface area contributed by atoms with Gasteiger partial charge >= 0.3 is 0 Å². The van der Waals surface area contributed by atoms with Gasteiger partial charge in [0.2, 0.25) is 0 Å². The highest BCUT2D eigenvalue weighted by atomic mass is 16.5. The molecule has 0 aromatic heterocycles. The number of carbonyl (C=O) groups excluding carboxylic acids is 2. The molecule has 1 aliphatic rings. The Balaban J connectivity index is 2.32. The van der Waals surface area contributed by atoms with Crippen LogP contribution in [0.3, 0.4) is 0 Å². The van der Waals surface area contributed by atoms with E-state index in [-0.39, 0.29) is 16.8 Å². The lowest BCUT2D eigenvalue weighted by molar-refractivity contribution is 0.0880. The van der Waals surface area contributed by atoms with Crippen molar-refractivity contribution >= 4 is 17.5 Å². The second kappa shape index (κ2) is 5.07. The zero-order chi connectivity index (χ0) is 15.9. The highest BCUT2D eigenvalue weighted by molar-refractivity contribution is 6.26. The second-order valence-electron chi connectivity index (χ2n) is 4.78. The Labute approximate surface area is 126 Å². The maximum atomic E-state index is 12.1. The van der Waals surface area contributed by atoms with Crippen molar-refractivity contribution in [1.82, 2.24) is 5.32 Å². The summed E-state index contributed by atoms with van der Waals surface area (Å²) in [5.41, 5.74) is 7.79. The third kappa shape index (κ3) is 1.88. The van der Waals surface area contributed by atoms with Crippen molar-refractivity contribution in [2.75, 3.05) is 20.0 Å². The number of imide groups is 1. The Kier molecular flexibility index (Phi) is 3.21. The molecule has 6 nitrogen and oxygen atoms in total. The number of benzene rings is 2. The summed E-state index contributed by atoms with van der Waals surface area (Å²) in [6, 6.07) is 8.64. The van der Waals surface area contributed by atoms with E-state index in [9.17, 15) is 9.59 Å². The molecule has 0 saturated heterocycles. The molecule has 112 valence electrons. The Morgan fingerprint density at radius 3 is 2.32 bits per heavy atom. The molecular formula is C16H14N2O4. The average Bonchev–Trinajstić information content (AvgIpc) is 2.83. The van der Waals surface area contributed by atoms with E-state index in [2.05, 4.69) is 5.32 Å². The van der Waals surface area contributed by atoms with E-state index < -0.39 is 11.8 Å². The lowest BCUT2D eigenvalue weighted by atomic mass is 9.94. The molecule has 1 heterocycles. The number of hydrogen-bond acceptors (Lipinski definition) is 5. The van der Waals surface area contributed by atoms with Crippen LogP contribution in [0.15, 0.2) is 30.3 Å². The van der Waals surface area contributed by atoms with E-state index in [0.717, 1.165) is 0 Å². The molecule has 6 heteroatoms. The van der Waals surface area contributed by atoms with Crippen molar-refractivity contribution in [1.29, 1.82) is 0 Å². The Morgan fingerprint density at radius 2 is 1.64 bits per heavy atom. The van der Waals surface area contributed by atoms with Gasteiger partial charge in [-0.3, -0.25) is 14.9 Å². The lowest BCUT2D eigenvalue weighted by Crippen LogP contribution is -2.20. The first-order valence-corrected chi connectivity index (χ1v) is 6.58. The van der Waals surface area contributed by atoms with Crippen LogP contribution in [-0.2, 0) is 0 Å². The fourth-order valence-electron chi connectivity index (χ4n) is 2.65. The van der Waals surface area contributed by atoms with Gasteiger partial charge in [0.1, 0.15) is 0 Å². The SMILES string of the molecule is COc1cccc(-c2ccc(N)c3c2C(=O)NC3=O)c1OC. The number of para-hydroxylation sites is 1. The number of anilines is 1. The molecule has 0 fully saturated rings.